The molecule has 3 aromatic rings. The molecule has 0 aliphatic heterocycles. The van der Waals surface area contributed by atoms with E-state index in [2.05, 4.69) is 6.58 Å². The summed E-state index contributed by atoms with van der Waals surface area (Å²) in [6, 6.07) is 18.3. The van der Waals surface area contributed by atoms with Gasteiger partial charge in [0.2, 0.25) is 0 Å². The van der Waals surface area contributed by atoms with Crippen LogP contribution < -0.4 is 10.5 Å². The maximum atomic E-state index is 13.9. The minimum Gasteiger partial charge on any atom is -0.304 e. The van der Waals surface area contributed by atoms with Crippen molar-refractivity contribution in [3.05, 3.63) is 107 Å². The first-order valence-corrected chi connectivity index (χ1v) is 10.7. The topological polar surface area (TPSA) is 59.4 Å². The molecule has 2 aromatic carbocycles. The predicted octanol–water partition coefficient (Wildman–Crippen LogP) is 4.83. The average molecular weight is 427 g/mol. The molecule has 0 atom stereocenters. The molecule has 162 valence electrons. The van der Waals surface area contributed by atoms with Crippen LogP contribution in [0.5, 0.6) is 0 Å². The third-order valence-corrected chi connectivity index (χ3v) is 5.79. The number of nitrogens with zero attached hydrogens (tertiary/aromatic N) is 2. The summed E-state index contributed by atoms with van der Waals surface area (Å²) in [5.74, 6) is -0.474. The molecule has 0 fully saturated rings. The van der Waals surface area contributed by atoms with Crippen LogP contribution in [0.2, 0.25) is 0 Å². The van der Waals surface area contributed by atoms with Gasteiger partial charge in [-0.1, -0.05) is 56.3 Å². The van der Waals surface area contributed by atoms with Crippen molar-refractivity contribution >= 4 is 17.4 Å². The van der Waals surface area contributed by atoms with Gasteiger partial charge in [0.1, 0.15) is 5.56 Å². The number of carbonyl (C=O) groups is 2. The molecule has 1 amide bonds. The van der Waals surface area contributed by atoms with Gasteiger partial charge in [0.15, 0.2) is 5.78 Å². The molecule has 0 N–H and O–H groups in total. The van der Waals surface area contributed by atoms with Gasteiger partial charge in [0, 0.05) is 36.1 Å². The summed E-state index contributed by atoms with van der Waals surface area (Å²) in [5, 5.41) is 0. The van der Waals surface area contributed by atoms with E-state index in [1.54, 1.807) is 24.4 Å². The second-order valence-corrected chi connectivity index (χ2v) is 8.89. The smallest absolute Gasteiger partial charge is 0.268 e. The second kappa shape index (κ2) is 8.42. The molecule has 1 aromatic heterocycles. The Labute approximate surface area is 187 Å². The number of hydrogen-bond donors (Lipinski definition) is 0. The number of fused-ring (bicyclic) bond motifs is 1. The molecule has 0 unspecified atom stereocenters. The highest BCUT2D eigenvalue weighted by Gasteiger charge is 2.37. The standard InChI is InChI=1S/C27H26N2O3/c1-4-15-28(19-11-7-5-8-12-19)25(31)24-21-16-27(2,3)17-23(30)22(21)18-29(26(24)32)20-13-9-6-10-14-20/h4-14,18H,1,15-17H2,2-3H3. The Morgan fingerprint density at radius 2 is 1.66 bits per heavy atom. The molecule has 0 saturated carbocycles. The summed E-state index contributed by atoms with van der Waals surface area (Å²) in [5.41, 5.74) is 1.57. The normalized spacial score (nSPS) is 14.5. The maximum Gasteiger partial charge on any atom is 0.268 e. The van der Waals surface area contributed by atoms with Crippen LogP contribution in [0, 0.1) is 5.41 Å². The van der Waals surface area contributed by atoms with Crippen molar-refractivity contribution in [2.45, 2.75) is 26.7 Å². The molecule has 5 heteroatoms. The van der Waals surface area contributed by atoms with E-state index in [1.165, 1.54) is 9.47 Å². The van der Waals surface area contributed by atoms with Gasteiger partial charge in [0.05, 0.1) is 0 Å². The van der Waals surface area contributed by atoms with Crippen LogP contribution in [0.25, 0.3) is 5.69 Å². The number of para-hydroxylation sites is 2. The zero-order valence-corrected chi connectivity index (χ0v) is 18.4. The molecule has 1 heterocycles. The number of benzene rings is 2. The first kappa shape index (κ1) is 21.5. The lowest BCUT2D eigenvalue weighted by molar-refractivity contribution is 0.0910. The van der Waals surface area contributed by atoms with E-state index in [0.717, 1.165) is 0 Å². The SMILES string of the molecule is C=CCN(C(=O)c1c2c(cn(-c3ccccc3)c1=O)C(=O)CC(C)(C)C2)c1ccccc1. The number of aromatic nitrogens is 1. The van der Waals surface area contributed by atoms with E-state index < -0.39 is 11.5 Å². The van der Waals surface area contributed by atoms with Gasteiger partial charge in [-0.25, -0.2) is 0 Å². The summed E-state index contributed by atoms with van der Waals surface area (Å²) in [6.07, 6.45) is 4.08. The van der Waals surface area contributed by atoms with E-state index in [4.69, 9.17) is 0 Å². The van der Waals surface area contributed by atoms with Crippen molar-refractivity contribution in [3.8, 4) is 5.69 Å². The van der Waals surface area contributed by atoms with E-state index in [1.807, 2.05) is 62.4 Å². The molecule has 5 nitrogen and oxygen atoms in total. The fourth-order valence-corrected chi connectivity index (χ4v) is 4.32. The third kappa shape index (κ3) is 3.94. The van der Waals surface area contributed by atoms with Crippen molar-refractivity contribution in [2.24, 2.45) is 5.41 Å². The van der Waals surface area contributed by atoms with Crippen LogP contribution in [-0.4, -0.2) is 22.8 Å². The van der Waals surface area contributed by atoms with Gasteiger partial charge in [-0.3, -0.25) is 19.0 Å². The van der Waals surface area contributed by atoms with E-state index >= 15 is 0 Å². The molecule has 0 bridgehead atoms. The van der Waals surface area contributed by atoms with Crippen LogP contribution in [0.1, 0.15) is 46.5 Å². The summed E-state index contributed by atoms with van der Waals surface area (Å²) in [6.45, 7) is 8.00. The van der Waals surface area contributed by atoms with Crippen LogP contribution in [-0.2, 0) is 6.42 Å². The van der Waals surface area contributed by atoms with Crippen molar-refractivity contribution in [1.29, 1.82) is 0 Å². The number of Topliss-reactive ketones (excluding diaryl/α,β-unsaturated/α-hetero) is 1. The third-order valence-electron chi connectivity index (χ3n) is 5.79. The molecular formula is C27H26N2O3. The van der Waals surface area contributed by atoms with Crippen LogP contribution in [0.4, 0.5) is 5.69 Å². The van der Waals surface area contributed by atoms with Gasteiger partial charge in [-0.2, -0.15) is 0 Å². The number of hydrogen-bond acceptors (Lipinski definition) is 3. The fourth-order valence-electron chi connectivity index (χ4n) is 4.32. The van der Waals surface area contributed by atoms with Crippen molar-refractivity contribution in [1.82, 2.24) is 4.57 Å². The molecule has 0 spiro atoms. The van der Waals surface area contributed by atoms with E-state index in [-0.39, 0.29) is 23.3 Å². The Kier molecular flexibility index (Phi) is 5.66. The number of ketones is 1. The van der Waals surface area contributed by atoms with Crippen LogP contribution >= 0.6 is 0 Å². The zero-order valence-electron chi connectivity index (χ0n) is 18.4. The second-order valence-electron chi connectivity index (χ2n) is 8.89. The van der Waals surface area contributed by atoms with Crippen molar-refractivity contribution in [2.75, 3.05) is 11.4 Å². The molecule has 0 radical (unpaired) electrons. The quantitative estimate of drug-likeness (QED) is 0.549. The highest BCUT2D eigenvalue weighted by molar-refractivity contribution is 6.10. The highest BCUT2D eigenvalue weighted by Crippen LogP contribution is 2.36. The number of anilines is 1. The van der Waals surface area contributed by atoms with Crippen LogP contribution in [0.3, 0.4) is 0 Å². The molecule has 4 rings (SSSR count). The predicted molar refractivity (Wildman–Crippen MR) is 127 cm³/mol. The minimum atomic E-state index is -0.423. The zero-order chi connectivity index (χ0) is 22.9. The Morgan fingerprint density at radius 1 is 1.03 bits per heavy atom. The highest BCUT2D eigenvalue weighted by atomic mass is 16.2. The Hall–Kier alpha value is -3.73. The molecular weight excluding hydrogens is 400 g/mol. The lowest BCUT2D eigenvalue weighted by atomic mass is 9.73. The number of rotatable bonds is 5. The fraction of sp³-hybridized carbons (Fsp3) is 0.222. The van der Waals surface area contributed by atoms with Crippen molar-refractivity contribution < 1.29 is 9.59 Å². The Morgan fingerprint density at radius 3 is 2.28 bits per heavy atom. The first-order chi connectivity index (χ1) is 15.3. The monoisotopic (exact) mass is 426 g/mol. The van der Waals surface area contributed by atoms with Gasteiger partial charge in [-0.15, -0.1) is 6.58 Å². The van der Waals surface area contributed by atoms with E-state index in [9.17, 15) is 14.4 Å². The molecule has 1 aliphatic rings. The number of pyridine rings is 1. The lowest BCUT2D eigenvalue weighted by Crippen LogP contribution is -2.41. The van der Waals surface area contributed by atoms with Crippen molar-refractivity contribution in [3.63, 3.8) is 0 Å². The van der Waals surface area contributed by atoms with Gasteiger partial charge < -0.3 is 4.90 Å². The van der Waals surface area contributed by atoms with Gasteiger partial charge >= 0.3 is 0 Å². The first-order valence-electron chi connectivity index (χ1n) is 10.7. The largest absolute Gasteiger partial charge is 0.304 e. The van der Waals surface area contributed by atoms with E-state index in [0.29, 0.717) is 35.3 Å². The van der Waals surface area contributed by atoms with Crippen LogP contribution in [0.15, 0.2) is 84.3 Å². The molecule has 32 heavy (non-hydrogen) atoms. The summed E-state index contributed by atoms with van der Waals surface area (Å²) in [7, 11) is 0. The Bertz CT molecular complexity index is 1240. The summed E-state index contributed by atoms with van der Waals surface area (Å²) < 4.78 is 1.42. The van der Waals surface area contributed by atoms with Gasteiger partial charge in [-0.05, 0) is 41.7 Å². The molecule has 0 saturated heterocycles. The Balaban J connectivity index is 1.98. The average Bonchev–Trinajstić information content (AvgIpc) is 2.77. The summed E-state index contributed by atoms with van der Waals surface area (Å²) in [4.78, 5) is 42.2. The lowest BCUT2D eigenvalue weighted by Gasteiger charge is -2.32. The maximum absolute atomic E-state index is 13.9. The summed E-state index contributed by atoms with van der Waals surface area (Å²) >= 11 is 0. The molecule has 1 aliphatic carbocycles. The van der Waals surface area contributed by atoms with Gasteiger partial charge in [0.25, 0.3) is 11.5 Å². The number of amides is 1. The number of carbonyl (C=O) groups excluding carboxylic acids is 2. The minimum absolute atomic E-state index is 0.0510.